The Morgan fingerprint density at radius 2 is 1.74 bits per heavy atom. The zero-order valence-electron chi connectivity index (χ0n) is 19.3. The van der Waals surface area contributed by atoms with E-state index in [1.165, 1.54) is 24.2 Å². The van der Waals surface area contributed by atoms with Crippen LogP contribution in [0.1, 0.15) is 59.0 Å². The van der Waals surface area contributed by atoms with Crippen molar-refractivity contribution in [2.24, 2.45) is 0 Å². The average molecular weight is 474 g/mol. The molecule has 0 aliphatic carbocycles. The van der Waals surface area contributed by atoms with E-state index in [0.717, 1.165) is 72.8 Å². The van der Waals surface area contributed by atoms with E-state index in [1.807, 2.05) is 35.8 Å². The SMILES string of the molecule is Cc1c(C(=O)Nc2ccc(-c3cn4c(n3)CCCC4)cc2)sc2nc3n(c(=O)c12)CCCCC3. The molecule has 3 aromatic heterocycles. The van der Waals surface area contributed by atoms with Gasteiger partial charge in [0.25, 0.3) is 11.5 Å². The smallest absolute Gasteiger partial charge is 0.266 e. The van der Waals surface area contributed by atoms with Crippen LogP contribution in [0.4, 0.5) is 5.69 Å². The van der Waals surface area contributed by atoms with Crippen molar-refractivity contribution in [2.75, 3.05) is 5.32 Å². The predicted molar refractivity (Wildman–Crippen MR) is 135 cm³/mol. The van der Waals surface area contributed by atoms with E-state index in [1.54, 1.807) is 0 Å². The monoisotopic (exact) mass is 473 g/mol. The summed E-state index contributed by atoms with van der Waals surface area (Å²) in [6.45, 7) is 3.59. The third kappa shape index (κ3) is 3.66. The zero-order chi connectivity index (χ0) is 23.2. The summed E-state index contributed by atoms with van der Waals surface area (Å²) in [6, 6.07) is 7.80. The van der Waals surface area contributed by atoms with Gasteiger partial charge in [-0.3, -0.25) is 14.2 Å². The Kier molecular flexibility index (Phi) is 5.32. The molecule has 4 aromatic rings. The first-order valence-corrected chi connectivity index (χ1v) is 12.9. The van der Waals surface area contributed by atoms with Crippen LogP contribution in [0.5, 0.6) is 0 Å². The third-order valence-electron chi connectivity index (χ3n) is 6.96. The summed E-state index contributed by atoms with van der Waals surface area (Å²) in [5, 5.41) is 3.58. The van der Waals surface area contributed by atoms with E-state index in [-0.39, 0.29) is 11.5 Å². The van der Waals surface area contributed by atoms with Gasteiger partial charge >= 0.3 is 0 Å². The number of nitrogens with one attached hydrogen (secondary N) is 1. The highest BCUT2D eigenvalue weighted by atomic mass is 32.1. The van der Waals surface area contributed by atoms with E-state index in [0.29, 0.717) is 21.6 Å². The Bertz CT molecular complexity index is 1440. The van der Waals surface area contributed by atoms with Crippen LogP contribution in [0.2, 0.25) is 0 Å². The number of hydrogen-bond donors (Lipinski definition) is 1. The number of hydrogen-bond acceptors (Lipinski definition) is 5. The minimum absolute atomic E-state index is 0.0122. The van der Waals surface area contributed by atoms with Crippen molar-refractivity contribution in [2.45, 2.75) is 65.0 Å². The first-order valence-electron chi connectivity index (χ1n) is 12.1. The lowest BCUT2D eigenvalue weighted by molar-refractivity contribution is 0.103. The molecule has 7 nitrogen and oxygen atoms in total. The topological polar surface area (TPSA) is 81.8 Å². The maximum atomic E-state index is 13.2. The molecule has 6 rings (SSSR count). The lowest BCUT2D eigenvalue weighted by Gasteiger charge is -2.11. The summed E-state index contributed by atoms with van der Waals surface area (Å²) in [5.41, 5.74) is 3.43. The number of aryl methyl sites for hydroxylation is 4. The first-order chi connectivity index (χ1) is 16.6. The van der Waals surface area contributed by atoms with Gasteiger partial charge in [0, 0.05) is 43.4 Å². The van der Waals surface area contributed by atoms with Gasteiger partial charge in [-0.15, -0.1) is 11.3 Å². The molecular formula is C26H27N5O2S. The molecule has 0 saturated carbocycles. The van der Waals surface area contributed by atoms with Gasteiger partial charge in [0.2, 0.25) is 0 Å². The van der Waals surface area contributed by atoms with Crippen LogP contribution in [0.15, 0.2) is 35.3 Å². The highest BCUT2D eigenvalue weighted by Gasteiger charge is 2.22. The number of rotatable bonds is 3. The molecule has 34 heavy (non-hydrogen) atoms. The third-order valence-corrected chi connectivity index (χ3v) is 8.15. The van der Waals surface area contributed by atoms with Crippen molar-refractivity contribution in [1.82, 2.24) is 19.1 Å². The van der Waals surface area contributed by atoms with Crippen LogP contribution in [-0.4, -0.2) is 25.0 Å². The Morgan fingerprint density at radius 1 is 0.971 bits per heavy atom. The van der Waals surface area contributed by atoms with Gasteiger partial charge in [0.05, 0.1) is 16.0 Å². The summed E-state index contributed by atoms with van der Waals surface area (Å²) in [4.78, 5) is 37.1. The van der Waals surface area contributed by atoms with Crippen molar-refractivity contribution in [3.8, 4) is 11.3 Å². The minimum atomic E-state index is -0.203. The van der Waals surface area contributed by atoms with Gasteiger partial charge in [-0.2, -0.15) is 0 Å². The molecule has 0 radical (unpaired) electrons. The number of nitrogens with zero attached hydrogens (tertiary/aromatic N) is 4. The van der Waals surface area contributed by atoms with Gasteiger partial charge in [0.1, 0.15) is 16.5 Å². The van der Waals surface area contributed by atoms with E-state index >= 15 is 0 Å². The number of carbonyl (C=O) groups is 1. The van der Waals surface area contributed by atoms with Gasteiger partial charge in [-0.25, -0.2) is 9.97 Å². The van der Waals surface area contributed by atoms with Crippen molar-refractivity contribution in [3.05, 3.63) is 62.9 Å². The number of fused-ring (bicyclic) bond motifs is 3. The van der Waals surface area contributed by atoms with Gasteiger partial charge in [0.15, 0.2) is 0 Å². The largest absolute Gasteiger partial charge is 0.334 e. The molecule has 5 heterocycles. The number of benzene rings is 1. The lowest BCUT2D eigenvalue weighted by Crippen LogP contribution is -2.24. The van der Waals surface area contributed by atoms with Crippen LogP contribution in [0, 0.1) is 6.92 Å². The summed E-state index contributed by atoms with van der Waals surface area (Å²) >= 11 is 1.31. The molecule has 2 aliphatic rings. The molecule has 0 atom stereocenters. The summed E-state index contributed by atoms with van der Waals surface area (Å²) in [5.74, 6) is 1.80. The summed E-state index contributed by atoms with van der Waals surface area (Å²) in [6.07, 6.45) is 9.53. The number of carbonyl (C=O) groups excluding carboxylic acids is 1. The molecule has 0 saturated heterocycles. The number of imidazole rings is 1. The Labute approximate surface area is 201 Å². The molecule has 1 amide bonds. The van der Waals surface area contributed by atoms with E-state index < -0.39 is 0 Å². The second kappa shape index (κ2) is 8.51. The summed E-state index contributed by atoms with van der Waals surface area (Å²) < 4.78 is 4.05. The maximum absolute atomic E-state index is 13.2. The van der Waals surface area contributed by atoms with E-state index in [9.17, 15) is 9.59 Å². The molecule has 8 heteroatoms. The fraction of sp³-hybridized carbons (Fsp3) is 0.385. The molecule has 1 aromatic carbocycles. The lowest BCUT2D eigenvalue weighted by atomic mass is 10.1. The number of amides is 1. The van der Waals surface area contributed by atoms with Crippen molar-refractivity contribution in [3.63, 3.8) is 0 Å². The molecule has 1 N–H and O–H groups in total. The standard InChI is InChI=1S/C26H27N5O2S/c1-16-22-25(29-21-8-3-2-5-14-31(21)26(22)33)34-23(16)24(32)27-18-11-9-17(10-12-18)19-15-30-13-6-4-7-20(30)28-19/h9-12,15H,2-8,13-14H2,1H3,(H,27,32). The summed E-state index contributed by atoms with van der Waals surface area (Å²) in [7, 11) is 0. The highest BCUT2D eigenvalue weighted by molar-refractivity contribution is 7.20. The van der Waals surface area contributed by atoms with Gasteiger partial charge in [-0.1, -0.05) is 18.6 Å². The molecule has 0 fully saturated rings. The normalized spacial score (nSPS) is 15.6. The Hall–Kier alpha value is -3.26. The van der Waals surface area contributed by atoms with Crippen LogP contribution >= 0.6 is 11.3 Å². The molecule has 174 valence electrons. The van der Waals surface area contributed by atoms with Gasteiger partial charge < -0.3 is 9.88 Å². The first kappa shape index (κ1) is 21.3. The molecule has 0 unspecified atom stereocenters. The van der Waals surface area contributed by atoms with Crippen LogP contribution < -0.4 is 10.9 Å². The Morgan fingerprint density at radius 3 is 2.56 bits per heavy atom. The molecule has 0 spiro atoms. The van der Waals surface area contributed by atoms with Crippen molar-refractivity contribution in [1.29, 1.82) is 0 Å². The molecular weight excluding hydrogens is 446 g/mol. The second-order valence-electron chi connectivity index (χ2n) is 9.26. The van der Waals surface area contributed by atoms with E-state index in [4.69, 9.17) is 9.97 Å². The van der Waals surface area contributed by atoms with Crippen LogP contribution in [0.25, 0.3) is 21.5 Å². The molecule has 2 aliphatic heterocycles. The second-order valence-corrected chi connectivity index (χ2v) is 10.3. The predicted octanol–water partition coefficient (Wildman–Crippen LogP) is 4.94. The number of thiophene rings is 1. The van der Waals surface area contributed by atoms with Crippen LogP contribution in [-0.2, 0) is 25.9 Å². The highest BCUT2D eigenvalue weighted by Crippen LogP contribution is 2.30. The van der Waals surface area contributed by atoms with Crippen molar-refractivity contribution >= 4 is 33.1 Å². The maximum Gasteiger partial charge on any atom is 0.266 e. The fourth-order valence-corrected chi connectivity index (χ4v) is 6.18. The van der Waals surface area contributed by atoms with Gasteiger partial charge in [-0.05, 0) is 50.3 Å². The minimum Gasteiger partial charge on any atom is -0.334 e. The van der Waals surface area contributed by atoms with Crippen LogP contribution in [0.3, 0.4) is 0 Å². The average Bonchev–Trinajstić information content (AvgIpc) is 3.33. The number of anilines is 1. The zero-order valence-corrected chi connectivity index (χ0v) is 20.1. The van der Waals surface area contributed by atoms with E-state index in [2.05, 4.69) is 16.1 Å². The number of aromatic nitrogens is 4. The fourth-order valence-electron chi connectivity index (χ4n) is 5.09. The van der Waals surface area contributed by atoms with Crippen molar-refractivity contribution < 1.29 is 4.79 Å². The molecule has 0 bridgehead atoms. The quantitative estimate of drug-likeness (QED) is 0.457. The Balaban J connectivity index is 1.26.